The van der Waals surface area contributed by atoms with Crippen LogP contribution in [0.3, 0.4) is 0 Å². The number of aromatic nitrogens is 1. The number of carbonyl (C=O) groups excluding carboxylic acids is 3. The summed E-state index contributed by atoms with van der Waals surface area (Å²) < 4.78 is 9.93. The minimum Gasteiger partial charge on any atom is -0.465 e. The van der Waals surface area contributed by atoms with Gasteiger partial charge in [-0.3, -0.25) is 4.79 Å². The maximum atomic E-state index is 12.5. The van der Waals surface area contributed by atoms with Crippen LogP contribution in [-0.4, -0.2) is 36.0 Å². The van der Waals surface area contributed by atoms with Crippen molar-refractivity contribution in [1.29, 1.82) is 0 Å². The number of nitrogens with zero attached hydrogens (tertiary/aromatic N) is 1. The second-order valence-electron chi connectivity index (χ2n) is 5.20. The van der Waals surface area contributed by atoms with E-state index in [0.717, 1.165) is 0 Å². The van der Waals surface area contributed by atoms with E-state index in [0.29, 0.717) is 0 Å². The number of ether oxygens (including phenoxy) is 2. The molecule has 0 radical (unpaired) electrons. The molecule has 2 rings (SSSR count). The second kappa shape index (κ2) is 8.96. The first-order valence-electron chi connectivity index (χ1n) is 7.77. The highest BCUT2D eigenvalue weighted by molar-refractivity contribution is 6.29. The fourth-order valence-electron chi connectivity index (χ4n) is 2.14. The van der Waals surface area contributed by atoms with Crippen LogP contribution in [0.1, 0.15) is 34.1 Å². The van der Waals surface area contributed by atoms with Gasteiger partial charge in [0.05, 0.1) is 23.9 Å². The standard InChI is InChI=1S/C18H17ClN2O5/c1-3-14(26-17(23)11-8-9-20-15(19)10-11)16(22)21-13-7-5-4-6-12(13)18(24)25-2/h4-10,14H,3H2,1-2H3,(H,21,22). The number of hydrogen-bond donors (Lipinski definition) is 1. The molecule has 0 bridgehead atoms. The Morgan fingerprint density at radius 3 is 2.58 bits per heavy atom. The molecule has 7 nitrogen and oxygen atoms in total. The topological polar surface area (TPSA) is 94.6 Å². The Hall–Kier alpha value is -2.93. The predicted octanol–water partition coefficient (Wildman–Crippen LogP) is 3.10. The average molecular weight is 377 g/mol. The molecule has 0 fully saturated rings. The normalized spacial score (nSPS) is 11.3. The zero-order chi connectivity index (χ0) is 19.1. The van der Waals surface area contributed by atoms with Crippen molar-refractivity contribution in [1.82, 2.24) is 4.98 Å². The van der Waals surface area contributed by atoms with Gasteiger partial charge < -0.3 is 14.8 Å². The van der Waals surface area contributed by atoms with E-state index in [1.807, 2.05) is 0 Å². The molecule has 0 saturated heterocycles. The number of rotatable bonds is 6. The van der Waals surface area contributed by atoms with E-state index in [1.54, 1.807) is 25.1 Å². The van der Waals surface area contributed by atoms with Crippen molar-refractivity contribution in [3.8, 4) is 0 Å². The number of para-hydroxylation sites is 1. The fourth-order valence-corrected chi connectivity index (χ4v) is 2.32. The van der Waals surface area contributed by atoms with Gasteiger partial charge in [0.2, 0.25) is 0 Å². The van der Waals surface area contributed by atoms with Crippen molar-refractivity contribution >= 4 is 35.1 Å². The molecule has 1 aromatic carbocycles. The highest BCUT2D eigenvalue weighted by Crippen LogP contribution is 2.18. The van der Waals surface area contributed by atoms with E-state index in [-0.39, 0.29) is 28.4 Å². The number of pyridine rings is 1. The van der Waals surface area contributed by atoms with Gasteiger partial charge in [0.25, 0.3) is 5.91 Å². The molecule has 0 aliphatic heterocycles. The van der Waals surface area contributed by atoms with Crippen molar-refractivity contribution < 1.29 is 23.9 Å². The summed E-state index contributed by atoms with van der Waals surface area (Å²) >= 11 is 5.75. The number of anilines is 1. The molecule has 0 aliphatic carbocycles. The summed E-state index contributed by atoms with van der Waals surface area (Å²) in [5.74, 6) is -1.84. The zero-order valence-corrected chi connectivity index (χ0v) is 14.9. The van der Waals surface area contributed by atoms with Gasteiger partial charge in [-0.05, 0) is 30.7 Å². The van der Waals surface area contributed by atoms with Gasteiger partial charge in [-0.15, -0.1) is 0 Å². The molecule has 1 heterocycles. The van der Waals surface area contributed by atoms with Crippen LogP contribution < -0.4 is 5.32 Å². The molecular formula is C18H17ClN2O5. The third-order valence-corrected chi connectivity index (χ3v) is 3.67. The summed E-state index contributed by atoms with van der Waals surface area (Å²) in [6, 6.07) is 9.17. The zero-order valence-electron chi connectivity index (χ0n) is 14.2. The molecule has 0 spiro atoms. The van der Waals surface area contributed by atoms with E-state index < -0.39 is 23.9 Å². The first-order chi connectivity index (χ1) is 12.5. The SMILES string of the molecule is CCC(OC(=O)c1ccnc(Cl)c1)C(=O)Nc1ccccc1C(=O)OC. The van der Waals surface area contributed by atoms with Gasteiger partial charge in [-0.2, -0.15) is 0 Å². The summed E-state index contributed by atoms with van der Waals surface area (Å²) in [7, 11) is 1.25. The van der Waals surface area contributed by atoms with Crippen LogP contribution in [0, 0.1) is 0 Å². The summed E-state index contributed by atoms with van der Waals surface area (Å²) in [6.07, 6.45) is 0.573. The number of halogens is 1. The minimum absolute atomic E-state index is 0.143. The molecule has 1 N–H and O–H groups in total. The van der Waals surface area contributed by atoms with Crippen LogP contribution in [0.2, 0.25) is 5.15 Å². The number of nitrogens with one attached hydrogen (secondary N) is 1. The van der Waals surface area contributed by atoms with Crippen molar-refractivity contribution in [2.75, 3.05) is 12.4 Å². The molecule has 1 amide bonds. The first kappa shape index (κ1) is 19.4. The van der Waals surface area contributed by atoms with Crippen LogP contribution in [0.5, 0.6) is 0 Å². The van der Waals surface area contributed by atoms with Crippen molar-refractivity contribution in [3.05, 3.63) is 58.9 Å². The monoisotopic (exact) mass is 376 g/mol. The number of esters is 2. The summed E-state index contributed by atoms with van der Waals surface area (Å²) in [5, 5.41) is 2.73. The highest BCUT2D eigenvalue weighted by atomic mass is 35.5. The summed E-state index contributed by atoms with van der Waals surface area (Å²) in [6.45, 7) is 1.70. The molecule has 0 saturated carbocycles. The molecule has 1 unspecified atom stereocenters. The summed E-state index contributed by atoms with van der Waals surface area (Å²) in [4.78, 5) is 40.2. The Morgan fingerprint density at radius 2 is 1.92 bits per heavy atom. The largest absolute Gasteiger partial charge is 0.465 e. The Labute approximate surface area is 155 Å². The maximum Gasteiger partial charge on any atom is 0.339 e. The second-order valence-corrected chi connectivity index (χ2v) is 5.58. The van der Waals surface area contributed by atoms with Crippen molar-refractivity contribution in [2.24, 2.45) is 0 Å². The number of carbonyl (C=O) groups is 3. The molecule has 1 atom stereocenters. The average Bonchev–Trinajstić information content (AvgIpc) is 2.65. The van der Waals surface area contributed by atoms with Crippen LogP contribution in [0.15, 0.2) is 42.6 Å². The van der Waals surface area contributed by atoms with Gasteiger partial charge in [-0.25, -0.2) is 14.6 Å². The Balaban J connectivity index is 2.12. The predicted molar refractivity (Wildman–Crippen MR) is 95.2 cm³/mol. The third kappa shape index (κ3) is 4.80. The third-order valence-electron chi connectivity index (χ3n) is 3.47. The number of amides is 1. The van der Waals surface area contributed by atoms with Crippen LogP contribution in [-0.2, 0) is 14.3 Å². The Kier molecular flexibility index (Phi) is 6.68. The molecular weight excluding hydrogens is 360 g/mol. The lowest BCUT2D eigenvalue weighted by Gasteiger charge is -2.17. The molecule has 8 heteroatoms. The first-order valence-corrected chi connectivity index (χ1v) is 8.14. The smallest absolute Gasteiger partial charge is 0.339 e. The van der Waals surface area contributed by atoms with Gasteiger partial charge >= 0.3 is 11.9 Å². The van der Waals surface area contributed by atoms with Crippen molar-refractivity contribution in [3.63, 3.8) is 0 Å². The lowest BCUT2D eigenvalue weighted by molar-refractivity contribution is -0.124. The Morgan fingerprint density at radius 1 is 1.19 bits per heavy atom. The van der Waals surface area contributed by atoms with E-state index in [1.165, 1.54) is 31.5 Å². The molecule has 0 aliphatic rings. The lowest BCUT2D eigenvalue weighted by atomic mass is 10.1. The Bertz CT molecular complexity index is 825. The number of methoxy groups -OCH3 is 1. The quantitative estimate of drug-likeness (QED) is 0.615. The van der Waals surface area contributed by atoms with E-state index >= 15 is 0 Å². The van der Waals surface area contributed by atoms with Gasteiger partial charge in [0.1, 0.15) is 5.15 Å². The van der Waals surface area contributed by atoms with Gasteiger partial charge in [0.15, 0.2) is 6.10 Å². The molecule has 2 aromatic rings. The lowest BCUT2D eigenvalue weighted by Crippen LogP contribution is -2.32. The van der Waals surface area contributed by atoms with E-state index in [2.05, 4.69) is 15.0 Å². The molecule has 1 aromatic heterocycles. The van der Waals surface area contributed by atoms with Crippen LogP contribution in [0.4, 0.5) is 5.69 Å². The van der Waals surface area contributed by atoms with E-state index in [4.69, 9.17) is 16.3 Å². The number of benzene rings is 1. The van der Waals surface area contributed by atoms with Gasteiger partial charge in [-0.1, -0.05) is 30.7 Å². The fraction of sp³-hybridized carbons (Fsp3) is 0.222. The molecule has 26 heavy (non-hydrogen) atoms. The van der Waals surface area contributed by atoms with E-state index in [9.17, 15) is 14.4 Å². The number of hydrogen-bond acceptors (Lipinski definition) is 6. The van der Waals surface area contributed by atoms with Crippen LogP contribution >= 0.6 is 11.6 Å². The highest BCUT2D eigenvalue weighted by Gasteiger charge is 2.24. The molecule has 136 valence electrons. The van der Waals surface area contributed by atoms with Crippen LogP contribution in [0.25, 0.3) is 0 Å². The van der Waals surface area contributed by atoms with Gasteiger partial charge in [0, 0.05) is 6.20 Å². The van der Waals surface area contributed by atoms with Crippen molar-refractivity contribution in [2.45, 2.75) is 19.4 Å². The minimum atomic E-state index is -1.04. The summed E-state index contributed by atoms with van der Waals surface area (Å²) in [5.41, 5.74) is 0.655. The maximum absolute atomic E-state index is 12.5.